The zero-order chi connectivity index (χ0) is 104. The highest BCUT2D eigenvalue weighted by Crippen LogP contribution is 2.19. The molecule has 2 unspecified atom stereocenters. The molecule has 1 fully saturated rings. The number of carbonyl (C=O) groups is 4. The van der Waals surface area contributed by atoms with E-state index in [9.17, 15) is 47.4 Å². The van der Waals surface area contributed by atoms with E-state index in [-0.39, 0.29) is 96.4 Å². The van der Waals surface area contributed by atoms with Gasteiger partial charge in [-0.25, -0.2) is 59.4 Å². The molecule has 14 atom stereocenters. The molecule has 40 N–H and O–H groups in total. The van der Waals surface area contributed by atoms with Gasteiger partial charge in [0.25, 0.3) is 17.3 Å². The maximum absolute atomic E-state index is 11.2. The van der Waals surface area contributed by atoms with Crippen LogP contribution in [0.1, 0.15) is 183 Å². The number of amides is 5. The molecular formula is C78H97N41O16S3. The third kappa shape index (κ3) is 46.2. The highest BCUT2D eigenvalue weighted by Gasteiger charge is 2.34. The summed E-state index contributed by atoms with van der Waals surface area (Å²) in [6.07, 6.45) is 66.9. The van der Waals surface area contributed by atoms with E-state index in [0.29, 0.717) is 108 Å². The number of amidine groups is 1. The lowest BCUT2D eigenvalue weighted by Crippen LogP contribution is -2.45. The predicted octanol–water partition coefficient (Wildman–Crippen LogP) is -6.36. The summed E-state index contributed by atoms with van der Waals surface area (Å²) in [5, 5.41) is 71.9. The van der Waals surface area contributed by atoms with E-state index in [4.69, 9.17) is 163 Å². The smallest absolute Gasteiger partial charge is 0.361 e. The maximum Gasteiger partial charge on any atom is 0.361 e. The number of hydrogen-bond acceptors (Lipinski definition) is 44. The number of aromatic hydroxyl groups is 1. The molecule has 57 nitrogen and oxygen atoms in total. The van der Waals surface area contributed by atoms with Crippen molar-refractivity contribution in [2.75, 3.05) is 5.32 Å². The summed E-state index contributed by atoms with van der Waals surface area (Å²) < 4.78 is 37.0. The van der Waals surface area contributed by atoms with Crippen molar-refractivity contribution in [2.24, 2.45) is 73.2 Å². The first-order valence-corrected chi connectivity index (χ1v) is 40.3. The van der Waals surface area contributed by atoms with E-state index in [1.807, 2.05) is 6.92 Å². The molecule has 10 aromatic rings. The van der Waals surface area contributed by atoms with Crippen molar-refractivity contribution >= 4 is 71.2 Å². The van der Waals surface area contributed by atoms with Gasteiger partial charge >= 0.3 is 39.1 Å². The topological polar surface area (TPSA) is 963 Å². The molecule has 11 heterocycles. The largest absolute Gasteiger partial charge is 0.504 e. The van der Waals surface area contributed by atoms with Gasteiger partial charge in [0.15, 0.2) is 35.4 Å². The van der Waals surface area contributed by atoms with Crippen molar-refractivity contribution in [1.29, 1.82) is 0 Å². The molecule has 138 heavy (non-hydrogen) atoms. The molecule has 12 rings (SSSR count). The lowest BCUT2D eigenvalue weighted by atomic mass is 9.99. The number of urea groups is 1. The van der Waals surface area contributed by atoms with Crippen LogP contribution in [0.15, 0.2) is 65.1 Å². The number of nitrogens with one attached hydrogen (secondary N) is 15. The predicted molar refractivity (Wildman–Crippen MR) is 500 cm³/mol. The summed E-state index contributed by atoms with van der Waals surface area (Å²) in [6.45, 7) is 2.01. The molecule has 0 aliphatic carbocycles. The highest BCUT2D eigenvalue weighted by molar-refractivity contribution is 7.79. The number of terminal acetylenes is 12. The average Bonchev–Trinajstić information content (AvgIpc) is 1.55. The van der Waals surface area contributed by atoms with Gasteiger partial charge in [-0.2, -0.15) is 34.9 Å². The number of tetrazole rings is 2. The molecule has 0 spiro atoms. The zero-order valence-corrected chi connectivity index (χ0v) is 75.3. The molecule has 5 amide bonds. The van der Waals surface area contributed by atoms with Crippen LogP contribution in [0.25, 0.3) is 0 Å². The van der Waals surface area contributed by atoms with E-state index < -0.39 is 99.3 Å². The number of anilines is 1. The number of imide groups is 1. The van der Waals surface area contributed by atoms with Gasteiger partial charge in [-0.15, -0.1) is 168 Å². The normalized spacial score (nSPS) is 14.3. The molecule has 0 saturated carbocycles. The van der Waals surface area contributed by atoms with Crippen LogP contribution in [0, 0.1) is 165 Å². The second-order valence-electron chi connectivity index (χ2n) is 26.1. The fourth-order valence-corrected chi connectivity index (χ4v) is 9.51. The van der Waals surface area contributed by atoms with Crippen LogP contribution < -0.4 is 123 Å². The summed E-state index contributed by atoms with van der Waals surface area (Å²) in [4.78, 5) is 115. The first-order valence-electron chi connectivity index (χ1n) is 38.5. The highest BCUT2D eigenvalue weighted by atomic mass is 32.2. The Balaban J connectivity index is 0.000000753. The lowest BCUT2D eigenvalue weighted by molar-refractivity contribution is -0.122. The van der Waals surface area contributed by atoms with Gasteiger partial charge in [-0.05, 0) is 36.6 Å². The van der Waals surface area contributed by atoms with E-state index in [1.54, 1.807) is 0 Å². The number of hydrogen-bond donors (Lipinski definition) is 28. The van der Waals surface area contributed by atoms with Crippen LogP contribution >= 0.6 is 24.4 Å². The van der Waals surface area contributed by atoms with Crippen LogP contribution in [0.4, 0.5) is 10.7 Å². The van der Waals surface area contributed by atoms with Crippen LogP contribution in [0.3, 0.4) is 0 Å². The molecule has 0 radical (unpaired) electrons. The Bertz CT molecular complexity index is 6110. The number of rotatable bonds is 27. The molecule has 1 saturated heterocycles. The van der Waals surface area contributed by atoms with E-state index in [1.165, 1.54) is 18.6 Å². The Labute approximate surface area is 796 Å². The van der Waals surface area contributed by atoms with Crippen molar-refractivity contribution in [2.45, 2.75) is 169 Å². The molecular weight excluding hydrogens is 1860 g/mol. The summed E-state index contributed by atoms with van der Waals surface area (Å²) >= 11 is 7.70. The molecule has 1 aromatic carbocycles. The van der Waals surface area contributed by atoms with Crippen molar-refractivity contribution < 1.29 is 50.9 Å². The number of H-pyrrole nitrogens is 10. The fraction of sp³-hybridized carbons (Fsp3) is 0.346. The van der Waals surface area contributed by atoms with Gasteiger partial charge in [0.05, 0.1) is 77.7 Å². The Morgan fingerprint density at radius 1 is 0.565 bits per heavy atom. The van der Waals surface area contributed by atoms with Gasteiger partial charge < -0.3 is 103 Å². The SMILES string of the molecule is C#CC[C@@H](N)C(=O)NCc1nn[nH]n1.C#CC[C@@H](N)C(=O)Nc1nn[nH]n1.C#CC[C@@H](N)C1=NS(=O)ON1.C#CC[C@@H](N)C1NC(=O)NC1=O.C#CC[C@@H](N)c1c(O)c(=O)c1=O.C#CC[C@@H](N)c1c[nH]oc1=O.C#CC[C@@H](N)c1cc(=O)o[nH]1.C#CC[C@@H](N)c1n[nH]c(=O)[nH]1.C#CC[C@@H](N)c1n[nH]c(C)n1.C#CC[C@@H](N)c1nc(=S)[nH][nH]1.C#CC[C@@H](N)c1nc(=S)o[nH]1.C#CC[C@@H](N)c1ncno1. The minimum absolute atomic E-state index is 0.0436. The number of aromatic nitrogens is 23. The van der Waals surface area contributed by atoms with Crippen LogP contribution in [0.2, 0.25) is 0 Å². The lowest BCUT2D eigenvalue weighted by Gasteiger charge is -2.12. The quantitative estimate of drug-likeness (QED) is 0.00985. The molecule has 9 aromatic heterocycles. The average molecular weight is 1960 g/mol. The van der Waals surface area contributed by atoms with Crippen LogP contribution in [-0.4, -0.2) is 186 Å². The van der Waals surface area contributed by atoms with E-state index in [2.05, 4.69) is 254 Å². The fourth-order valence-electron chi connectivity index (χ4n) is 8.70. The summed E-state index contributed by atoms with van der Waals surface area (Å²) in [7, 11) is 0. The number of aromatic amines is 10. The summed E-state index contributed by atoms with van der Waals surface area (Å²) in [6, 6.07) is -5.31. The van der Waals surface area contributed by atoms with E-state index >= 15 is 0 Å². The van der Waals surface area contributed by atoms with Crippen molar-refractivity contribution in [3.05, 3.63) is 138 Å². The van der Waals surface area contributed by atoms with Gasteiger partial charge in [0, 0.05) is 107 Å². The Kier molecular flexibility index (Phi) is 57.6. The van der Waals surface area contributed by atoms with Gasteiger partial charge in [-0.3, -0.25) is 54.9 Å². The van der Waals surface area contributed by atoms with Crippen LogP contribution in [-0.2, 0) is 36.5 Å². The Hall–Kier alpha value is -17.3. The van der Waals surface area contributed by atoms with Gasteiger partial charge in [0.1, 0.15) is 23.5 Å². The minimum atomic E-state index is -1.65. The summed E-state index contributed by atoms with van der Waals surface area (Å²) in [5.74, 6) is 30.7. The number of aryl methyl sites for hydroxylation is 1. The number of nitrogens with two attached hydrogens (primary N) is 12. The third-order valence-electron chi connectivity index (χ3n) is 15.5. The van der Waals surface area contributed by atoms with Gasteiger partial charge in [0.2, 0.25) is 27.9 Å². The number of nitrogens with zero attached hydrogens (tertiary/aromatic N) is 14. The number of hydroxylamine groups is 1. The van der Waals surface area contributed by atoms with Crippen molar-refractivity contribution in [3.8, 4) is 154 Å². The second-order valence-corrected chi connectivity index (χ2v) is 27.6. The van der Waals surface area contributed by atoms with Crippen molar-refractivity contribution in [3.63, 3.8) is 0 Å². The maximum atomic E-state index is 11.2. The monoisotopic (exact) mass is 1960 g/mol. The molecule has 60 heteroatoms. The Morgan fingerprint density at radius 3 is 1.56 bits per heavy atom. The second kappa shape index (κ2) is 66.9. The van der Waals surface area contributed by atoms with E-state index in [0.717, 1.165) is 5.82 Å². The first kappa shape index (κ1) is 119. The zero-order valence-electron chi connectivity index (χ0n) is 72.8. The third-order valence-corrected chi connectivity index (χ3v) is 16.5. The molecule has 2 aliphatic heterocycles. The minimum Gasteiger partial charge on any atom is -0.504 e. The standard InChI is InChI=1S/C8H7NO3.C7H10N6O.C7H10N4.C7H9N3O2.2C7H8N2O2.C6H8N6O.C6H8N4O.C6H8N4S.C6H7N3OS.C6H7N3O.C5H7N3O2S/c1-2-3-4(9)5-6(10)8(12)7(5)11;1-2-3-5(8)7(14)9-4-6-10-12-13-11-6;1-3-4-6(8)7-9-5(2)10-11-7;1-2-3-4(8)5-6(11)10-7(12)9-5;1-2-3-6(8)5-4-9-11-7(5)10;1-2-3-5(8)6-4-7(10)11-9-6;1-2-3-4(7)5(13)8-6-9-11-12-10-6;3*1-2-3-4(7)5-8-6(11)10-9-5;1-2-3-5(7)6-8-4-9-10-6;1-2-3-4(6)5-7-10-11(9)8-5/h1,4,10H,3,9H2;1,5H,3-4,8H2,(H,9,14)(H,10,11,12,13);1,6H,4,8H2,2H3,(H,9,10,11);1,4-5H,3,8H2,(H2,9,10,11,12);1,4,6,9H,3,8H2;1,4-5,9H,3,8H2;1,4H,3,7H2,(H2,8,9,10,11,12,13);2*1,4H,3,7H2,(H2,8,9,10,11);1,4H,3,7H2,(H,8,9,11);1,4-5H,3,7H2;1,4H,3,6H2,(H,7,8)/t4-;5-;6-;4-,5?;6-;5-;4*4-;5-;4-,11?/m111111111111/s1. The van der Waals surface area contributed by atoms with Crippen LogP contribution in [0.5, 0.6) is 5.75 Å². The molecule has 0 bridgehead atoms. The van der Waals surface area contributed by atoms with Gasteiger partial charge in [-0.1, -0.05) is 15.5 Å². The number of carbonyl (C=O) groups excluding carboxylic acids is 4. The first-order chi connectivity index (χ1) is 65.7. The molecule has 728 valence electrons. The summed E-state index contributed by atoms with van der Waals surface area (Å²) in [5.41, 5.74) is 66.6. The van der Waals surface area contributed by atoms with Crippen molar-refractivity contribution in [1.82, 2.24) is 139 Å². The Morgan fingerprint density at radius 2 is 1.11 bits per heavy atom. The molecule has 2 aliphatic rings.